The van der Waals surface area contributed by atoms with E-state index in [2.05, 4.69) is 0 Å². The number of benzene rings is 1. The number of phenols is 1. The maximum absolute atomic E-state index is 9.69. The summed E-state index contributed by atoms with van der Waals surface area (Å²) in [6.45, 7) is 2.02. The summed E-state index contributed by atoms with van der Waals surface area (Å²) in [6.07, 6.45) is 3.69. The molecule has 0 aromatic heterocycles. The van der Waals surface area contributed by atoms with Gasteiger partial charge in [0, 0.05) is 11.6 Å². The van der Waals surface area contributed by atoms with Crippen molar-refractivity contribution in [2.24, 2.45) is 11.7 Å². The molecule has 0 saturated heterocycles. The Labute approximate surface area is 84.7 Å². The van der Waals surface area contributed by atoms with Gasteiger partial charge in [0.2, 0.25) is 0 Å². The summed E-state index contributed by atoms with van der Waals surface area (Å²) in [4.78, 5) is 0. The van der Waals surface area contributed by atoms with Gasteiger partial charge in [0.25, 0.3) is 0 Å². The highest BCUT2D eigenvalue weighted by molar-refractivity contribution is 5.38. The molecule has 2 rings (SSSR count). The Morgan fingerprint density at radius 2 is 2.14 bits per heavy atom. The Hall–Kier alpha value is -1.02. The summed E-state index contributed by atoms with van der Waals surface area (Å²) >= 11 is 0. The monoisotopic (exact) mass is 191 g/mol. The Balaban J connectivity index is 2.24. The van der Waals surface area contributed by atoms with Crippen LogP contribution in [0.5, 0.6) is 5.75 Å². The van der Waals surface area contributed by atoms with Crippen molar-refractivity contribution >= 4 is 0 Å². The van der Waals surface area contributed by atoms with Crippen LogP contribution >= 0.6 is 0 Å². The van der Waals surface area contributed by atoms with Gasteiger partial charge in [-0.05, 0) is 31.7 Å². The summed E-state index contributed by atoms with van der Waals surface area (Å²) in [5.74, 6) is 0.915. The summed E-state index contributed by atoms with van der Waals surface area (Å²) in [5.41, 5.74) is 8.18. The van der Waals surface area contributed by atoms with E-state index in [-0.39, 0.29) is 6.04 Å². The summed E-state index contributed by atoms with van der Waals surface area (Å²) in [6, 6.07) is 5.66. The number of phenolic OH excluding ortho intramolecular Hbond substituents is 1. The molecule has 1 saturated carbocycles. The number of nitrogens with two attached hydrogens (primary N) is 1. The quantitative estimate of drug-likeness (QED) is 0.754. The second-order valence-electron chi connectivity index (χ2n) is 4.28. The van der Waals surface area contributed by atoms with Crippen molar-refractivity contribution < 1.29 is 5.11 Å². The van der Waals surface area contributed by atoms with Crippen LogP contribution in [0.25, 0.3) is 0 Å². The summed E-state index contributed by atoms with van der Waals surface area (Å²) < 4.78 is 0. The van der Waals surface area contributed by atoms with Crippen LogP contribution in [0.15, 0.2) is 18.2 Å². The van der Waals surface area contributed by atoms with Gasteiger partial charge in [-0.3, -0.25) is 0 Å². The fourth-order valence-corrected chi connectivity index (χ4v) is 1.99. The molecule has 0 unspecified atom stereocenters. The van der Waals surface area contributed by atoms with Crippen LogP contribution in [0.2, 0.25) is 0 Å². The molecule has 0 heterocycles. The molecule has 1 aromatic carbocycles. The summed E-state index contributed by atoms with van der Waals surface area (Å²) in [5, 5.41) is 9.69. The van der Waals surface area contributed by atoms with E-state index in [9.17, 15) is 5.11 Å². The zero-order valence-corrected chi connectivity index (χ0v) is 8.53. The zero-order valence-electron chi connectivity index (χ0n) is 8.53. The minimum atomic E-state index is 0.0173. The zero-order chi connectivity index (χ0) is 10.1. The SMILES string of the molecule is Cc1ccc(O)c([C@H](N)C2CCC2)c1. The lowest BCUT2D eigenvalue weighted by molar-refractivity contribution is 0.260. The Morgan fingerprint density at radius 3 is 2.71 bits per heavy atom. The number of aryl methyl sites for hydroxylation is 1. The fraction of sp³-hybridized carbons (Fsp3) is 0.500. The lowest BCUT2D eigenvalue weighted by Crippen LogP contribution is -2.26. The molecule has 1 aliphatic carbocycles. The molecule has 3 N–H and O–H groups in total. The number of aromatic hydroxyl groups is 1. The molecule has 0 amide bonds. The number of hydrogen-bond donors (Lipinski definition) is 2. The lowest BCUT2D eigenvalue weighted by atomic mass is 9.77. The molecule has 1 aromatic rings. The molecule has 0 aliphatic heterocycles. The average molecular weight is 191 g/mol. The average Bonchev–Trinajstić information content (AvgIpc) is 2.06. The topological polar surface area (TPSA) is 46.2 Å². The summed E-state index contributed by atoms with van der Waals surface area (Å²) in [7, 11) is 0. The van der Waals surface area contributed by atoms with Crippen LogP contribution in [-0.2, 0) is 0 Å². The molecule has 0 spiro atoms. The molecule has 14 heavy (non-hydrogen) atoms. The lowest BCUT2D eigenvalue weighted by Gasteiger charge is -2.31. The van der Waals surface area contributed by atoms with Crippen LogP contribution in [0.1, 0.15) is 36.4 Å². The van der Waals surface area contributed by atoms with Gasteiger partial charge in [0.15, 0.2) is 0 Å². The molecule has 0 radical (unpaired) electrons. The third kappa shape index (κ3) is 1.62. The first-order valence-electron chi connectivity index (χ1n) is 5.23. The molecular formula is C12H17NO. The highest BCUT2D eigenvalue weighted by Crippen LogP contribution is 2.38. The molecule has 76 valence electrons. The molecule has 2 nitrogen and oxygen atoms in total. The fourth-order valence-electron chi connectivity index (χ4n) is 1.99. The minimum absolute atomic E-state index is 0.0173. The van der Waals surface area contributed by atoms with Gasteiger partial charge in [0.1, 0.15) is 5.75 Å². The smallest absolute Gasteiger partial charge is 0.120 e. The maximum atomic E-state index is 9.69. The molecular weight excluding hydrogens is 174 g/mol. The molecule has 2 heteroatoms. The van der Waals surface area contributed by atoms with Crippen LogP contribution in [0.3, 0.4) is 0 Å². The van der Waals surface area contributed by atoms with Crippen molar-refractivity contribution in [1.82, 2.24) is 0 Å². The van der Waals surface area contributed by atoms with Crippen molar-refractivity contribution in [2.75, 3.05) is 0 Å². The third-order valence-electron chi connectivity index (χ3n) is 3.20. The Kier molecular flexibility index (Phi) is 2.46. The standard InChI is InChI=1S/C12H17NO/c1-8-5-6-11(14)10(7-8)12(13)9-3-2-4-9/h5-7,9,12,14H,2-4,13H2,1H3/t12-/m1/s1. The number of hydrogen-bond acceptors (Lipinski definition) is 2. The normalized spacial score (nSPS) is 19.0. The Morgan fingerprint density at radius 1 is 1.43 bits per heavy atom. The van der Waals surface area contributed by atoms with Crippen LogP contribution in [-0.4, -0.2) is 5.11 Å². The molecule has 1 aliphatic rings. The van der Waals surface area contributed by atoms with Crippen LogP contribution in [0, 0.1) is 12.8 Å². The van der Waals surface area contributed by atoms with Crippen LogP contribution in [0.4, 0.5) is 0 Å². The van der Waals surface area contributed by atoms with Gasteiger partial charge in [-0.2, -0.15) is 0 Å². The van der Waals surface area contributed by atoms with Crippen molar-refractivity contribution in [3.63, 3.8) is 0 Å². The largest absolute Gasteiger partial charge is 0.508 e. The highest BCUT2D eigenvalue weighted by Gasteiger charge is 2.27. The number of rotatable bonds is 2. The van der Waals surface area contributed by atoms with Crippen LogP contribution < -0.4 is 5.73 Å². The first-order chi connectivity index (χ1) is 6.68. The van der Waals surface area contributed by atoms with Crippen molar-refractivity contribution in [3.8, 4) is 5.75 Å². The van der Waals surface area contributed by atoms with E-state index in [0.717, 1.165) is 11.1 Å². The van der Waals surface area contributed by atoms with Gasteiger partial charge < -0.3 is 10.8 Å². The van der Waals surface area contributed by atoms with E-state index >= 15 is 0 Å². The van der Waals surface area contributed by atoms with Gasteiger partial charge in [0.05, 0.1) is 0 Å². The first-order valence-corrected chi connectivity index (χ1v) is 5.23. The van der Waals surface area contributed by atoms with Gasteiger partial charge in [-0.25, -0.2) is 0 Å². The second-order valence-corrected chi connectivity index (χ2v) is 4.28. The minimum Gasteiger partial charge on any atom is -0.508 e. The first kappa shape index (κ1) is 9.53. The molecule has 0 bridgehead atoms. The van der Waals surface area contributed by atoms with Crippen molar-refractivity contribution in [1.29, 1.82) is 0 Å². The van der Waals surface area contributed by atoms with Gasteiger partial charge >= 0.3 is 0 Å². The Bertz CT molecular complexity index is 331. The third-order valence-corrected chi connectivity index (χ3v) is 3.20. The predicted octanol–water partition coefficient (Wildman–Crippen LogP) is 2.50. The van der Waals surface area contributed by atoms with E-state index in [0.29, 0.717) is 11.7 Å². The van der Waals surface area contributed by atoms with E-state index < -0.39 is 0 Å². The van der Waals surface area contributed by atoms with Gasteiger partial charge in [-0.1, -0.05) is 24.1 Å². The van der Waals surface area contributed by atoms with E-state index in [1.807, 2.05) is 19.1 Å². The highest BCUT2D eigenvalue weighted by atomic mass is 16.3. The van der Waals surface area contributed by atoms with E-state index in [1.54, 1.807) is 6.07 Å². The van der Waals surface area contributed by atoms with E-state index in [1.165, 1.54) is 19.3 Å². The molecule has 1 fully saturated rings. The molecule has 1 atom stereocenters. The maximum Gasteiger partial charge on any atom is 0.120 e. The van der Waals surface area contributed by atoms with E-state index in [4.69, 9.17) is 5.73 Å². The predicted molar refractivity (Wildman–Crippen MR) is 57.1 cm³/mol. The van der Waals surface area contributed by atoms with Gasteiger partial charge in [-0.15, -0.1) is 0 Å². The van der Waals surface area contributed by atoms with Crippen molar-refractivity contribution in [2.45, 2.75) is 32.2 Å². The second kappa shape index (κ2) is 3.62. The van der Waals surface area contributed by atoms with Crippen molar-refractivity contribution in [3.05, 3.63) is 29.3 Å².